The molecule has 0 saturated heterocycles. The molecule has 0 saturated carbocycles. The SMILES string of the molecule is Cc1cc(N)nc(C)c1CNC(=O)C1=CC(Cc2ccc3ncc(Cl)cc3c2)(C(F)(F)F)NN1. The molecule has 5 N–H and O–H groups in total. The van der Waals surface area contributed by atoms with Gasteiger partial charge in [0.25, 0.3) is 5.91 Å². The number of carbonyl (C=O) groups is 1. The molecule has 1 aliphatic heterocycles. The number of nitrogen functional groups attached to an aromatic ring is 1. The molecule has 0 spiro atoms. The summed E-state index contributed by atoms with van der Waals surface area (Å²) in [4.78, 5) is 21.0. The Kier molecular flexibility index (Phi) is 6.13. The molecule has 1 atom stereocenters. The van der Waals surface area contributed by atoms with Crippen LogP contribution in [0.4, 0.5) is 19.0 Å². The van der Waals surface area contributed by atoms with Crippen molar-refractivity contribution in [1.82, 2.24) is 26.1 Å². The minimum atomic E-state index is -4.68. The summed E-state index contributed by atoms with van der Waals surface area (Å²) in [5, 5.41) is 3.65. The van der Waals surface area contributed by atoms with Crippen LogP contribution in [0.2, 0.25) is 5.02 Å². The second kappa shape index (κ2) is 8.77. The van der Waals surface area contributed by atoms with Gasteiger partial charge in [-0.25, -0.2) is 10.4 Å². The molecule has 1 aromatic carbocycles. The van der Waals surface area contributed by atoms with Crippen molar-refractivity contribution in [3.63, 3.8) is 0 Å². The van der Waals surface area contributed by atoms with E-state index >= 15 is 0 Å². The quantitative estimate of drug-likeness (QED) is 0.435. The number of nitrogens with two attached hydrogens (primary N) is 1. The number of anilines is 1. The number of carbonyl (C=O) groups excluding carboxylic acids is 1. The zero-order valence-electron chi connectivity index (χ0n) is 18.3. The molecule has 1 amide bonds. The number of hydrogen-bond donors (Lipinski definition) is 4. The lowest BCUT2D eigenvalue weighted by Gasteiger charge is -2.30. The van der Waals surface area contributed by atoms with Crippen LogP contribution < -0.4 is 21.9 Å². The summed E-state index contributed by atoms with van der Waals surface area (Å²) in [6.45, 7) is 3.67. The third-order valence-corrected chi connectivity index (χ3v) is 5.96. The first-order chi connectivity index (χ1) is 16.0. The molecule has 2 aromatic heterocycles. The Morgan fingerprint density at radius 1 is 1.24 bits per heavy atom. The third-order valence-electron chi connectivity index (χ3n) is 5.76. The number of nitrogens with one attached hydrogen (secondary N) is 3. The summed E-state index contributed by atoms with van der Waals surface area (Å²) < 4.78 is 42.5. The first kappa shape index (κ1) is 23.8. The predicted molar refractivity (Wildman–Crippen MR) is 124 cm³/mol. The van der Waals surface area contributed by atoms with Crippen LogP contribution in [-0.2, 0) is 17.8 Å². The third kappa shape index (κ3) is 4.64. The van der Waals surface area contributed by atoms with Crippen LogP contribution in [-0.4, -0.2) is 27.6 Å². The molecule has 0 radical (unpaired) electrons. The molecule has 0 bridgehead atoms. The van der Waals surface area contributed by atoms with E-state index in [1.54, 1.807) is 37.3 Å². The number of rotatable bonds is 5. The van der Waals surface area contributed by atoms with Crippen molar-refractivity contribution in [2.45, 2.75) is 38.5 Å². The van der Waals surface area contributed by atoms with Crippen LogP contribution in [0.3, 0.4) is 0 Å². The summed E-state index contributed by atoms with van der Waals surface area (Å²) in [7, 11) is 0. The number of pyridine rings is 2. The number of hydrazine groups is 1. The number of alkyl halides is 3. The number of aryl methyl sites for hydroxylation is 2. The van der Waals surface area contributed by atoms with E-state index < -0.39 is 24.0 Å². The zero-order chi connectivity index (χ0) is 24.7. The van der Waals surface area contributed by atoms with E-state index in [0.717, 1.165) is 17.2 Å². The van der Waals surface area contributed by atoms with E-state index in [4.69, 9.17) is 17.3 Å². The maximum absolute atomic E-state index is 14.2. The van der Waals surface area contributed by atoms with Crippen LogP contribution in [0.5, 0.6) is 0 Å². The molecule has 3 aromatic rings. The fraction of sp³-hybridized carbons (Fsp3) is 0.261. The van der Waals surface area contributed by atoms with E-state index in [-0.39, 0.29) is 12.2 Å². The number of hydrogen-bond acceptors (Lipinski definition) is 6. The molecule has 1 aliphatic rings. The van der Waals surface area contributed by atoms with Crippen molar-refractivity contribution in [1.29, 1.82) is 0 Å². The molecule has 1 unspecified atom stereocenters. The number of halogens is 4. The number of fused-ring (bicyclic) bond motifs is 1. The summed E-state index contributed by atoms with van der Waals surface area (Å²) in [6, 6.07) is 8.12. The molecule has 7 nitrogen and oxygen atoms in total. The summed E-state index contributed by atoms with van der Waals surface area (Å²) in [5.41, 5.74) is 10.9. The highest BCUT2D eigenvalue weighted by atomic mass is 35.5. The predicted octanol–water partition coefficient (Wildman–Crippen LogP) is 3.63. The zero-order valence-corrected chi connectivity index (χ0v) is 19.1. The molecule has 34 heavy (non-hydrogen) atoms. The second-order valence-electron chi connectivity index (χ2n) is 8.25. The van der Waals surface area contributed by atoms with Gasteiger partial charge in [-0.1, -0.05) is 17.7 Å². The number of nitrogens with zero attached hydrogens (tertiary/aromatic N) is 2. The highest BCUT2D eigenvalue weighted by Gasteiger charge is 2.56. The van der Waals surface area contributed by atoms with Crippen LogP contribution in [0, 0.1) is 13.8 Å². The van der Waals surface area contributed by atoms with Crippen LogP contribution >= 0.6 is 11.6 Å². The van der Waals surface area contributed by atoms with E-state index in [1.807, 2.05) is 6.92 Å². The molecule has 11 heteroatoms. The molecular formula is C23H22ClF3N6O. The maximum atomic E-state index is 14.2. The number of aromatic nitrogens is 2. The normalized spacial score (nSPS) is 18.0. The van der Waals surface area contributed by atoms with Crippen molar-refractivity contribution in [2.24, 2.45) is 0 Å². The van der Waals surface area contributed by atoms with Crippen LogP contribution in [0.15, 0.2) is 48.3 Å². The van der Waals surface area contributed by atoms with Gasteiger partial charge in [-0.3, -0.25) is 9.78 Å². The van der Waals surface area contributed by atoms with Gasteiger partial charge >= 0.3 is 6.18 Å². The van der Waals surface area contributed by atoms with Gasteiger partial charge in [0.1, 0.15) is 11.5 Å². The largest absolute Gasteiger partial charge is 0.412 e. The highest BCUT2D eigenvalue weighted by Crippen LogP contribution is 2.37. The number of amides is 1. The second-order valence-corrected chi connectivity index (χ2v) is 8.68. The van der Waals surface area contributed by atoms with Gasteiger partial charge in [-0.05, 0) is 60.9 Å². The fourth-order valence-corrected chi connectivity index (χ4v) is 4.14. The summed E-state index contributed by atoms with van der Waals surface area (Å²) >= 11 is 5.97. The lowest BCUT2D eigenvalue weighted by Crippen LogP contribution is -2.57. The van der Waals surface area contributed by atoms with Gasteiger partial charge in [0, 0.05) is 30.2 Å². The van der Waals surface area contributed by atoms with Crippen molar-refractivity contribution >= 4 is 34.2 Å². The van der Waals surface area contributed by atoms with Crippen LogP contribution in [0.25, 0.3) is 10.9 Å². The first-order valence-corrected chi connectivity index (χ1v) is 10.7. The molecule has 0 fully saturated rings. The Balaban J connectivity index is 1.57. The molecular weight excluding hydrogens is 469 g/mol. The van der Waals surface area contributed by atoms with Gasteiger partial charge in [0.05, 0.1) is 10.5 Å². The Hall–Kier alpha value is -3.37. The van der Waals surface area contributed by atoms with Gasteiger partial charge < -0.3 is 16.5 Å². The standard InChI is InChI=1S/C23H22ClF3N6O/c1-12-5-20(28)31-13(2)17(12)11-30-21(34)19-9-22(33-32-19,23(25,26)27)8-14-3-4-18-15(6-14)7-16(24)10-29-18/h3-7,9-10,32-33H,8,11H2,1-2H3,(H2,28,31)(H,30,34). The lowest BCUT2D eigenvalue weighted by molar-refractivity contribution is -0.181. The van der Waals surface area contributed by atoms with Crippen molar-refractivity contribution in [3.8, 4) is 0 Å². The maximum Gasteiger partial charge on any atom is 0.412 e. The minimum Gasteiger partial charge on any atom is -0.384 e. The van der Waals surface area contributed by atoms with E-state index in [9.17, 15) is 18.0 Å². The average molecular weight is 491 g/mol. The Morgan fingerprint density at radius 3 is 2.71 bits per heavy atom. The fourth-order valence-electron chi connectivity index (χ4n) is 3.97. The average Bonchev–Trinajstić information content (AvgIpc) is 3.18. The Labute approximate surface area is 198 Å². The lowest BCUT2D eigenvalue weighted by atomic mass is 9.90. The Morgan fingerprint density at radius 2 is 2.00 bits per heavy atom. The van der Waals surface area contributed by atoms with Crippen molar-refractivity contribution in [3.05, 3.63) is 75.7 Å². The Bertz CT molecular complexity index is 1290. The van der Waals surface area contributed by atoms with Crippen molar-refractivity contribution < 1.29 is 18.0 Å². The number of benzene rings is 1. The van der Waals surface area contributed by atoms with Gasteiger partial charge in [-0.15, -0.1) is 0 Å². The molecule has 178 valence electrons. The van der Waals surface area contributed by atoms with Crippen molar-refractivity contribution in [2.75, 3.05) is 5.73 Å². The first-order valence-electron chi connectivity index (χ1n) is 10.4. The molecule has 0 aliphatic carbocycles. The minimum absolute atomic E-state index is 0.0975. The van der Waals surface area contributed by atoms with E-state index in [2.05, 4.69) is 26.1 Å². The van der Waals surface area contributed by atoms with Crippen LogP contribution in [0.1, 0.15) is 22.4 Å². The van der Waals surface area contributed by atoms with E-state index in [1.165, 1.54) is 6.20 Å². The summed E-state index contributed by atoms with van der Waals surface area (Å²) in [6.07, 6.45) is -2.77. The monoisotopic (exact) mass is 490 g/mol. The highest BCUT2D eigenvalue weighted by molar-refractivity contribution is 6.31. The van der Waals surface area contributed by atoms with Gasteiger partial charge in [-0.2, -0.15) is 13.2 Å². The molecule has 3 heterocycles. The van der Waals surface area contributed by atoms with Gasteiger partial charge in [0.15, 0.2) is 5.54 Å². The van der Waals surface area contributed by atoms with Gasteiger partial charge in [0.2, 0.25) is 0 Å². The topological polar surface area (TPSA) is 105 Å². The smallest absolute Gasteiger partial charge is 0.384 e. The van der Waals surface area contributed by atoms with E-state index in [0.29, 0.717) is 33.0 Å². The molecule has 4 rings (SSSR count). The summed E-state index contributed by atoms with van der Waals surface area (Å²) in [5.74, 6) is -0.320.